The highest BCUT2D eigenvalue weighted by Gasteiger charge is 2.24. The summed E-state index contributed by atoms with van der Waals surface area (Å²) in [5.74, 6) is -0.520. The molecule has 0 aliphatic carbocycles. The van der Waals surface area contributed by atoms with Crippen molar-refractivity contribution in [3.8, 4) is 28.5 Å². The van der Waals surface area contributed by atoms with Crippen molar-refractivity contribution in [2.75, 3.05) is 13.1 Å². The molecule has 5 rings (SSSR count). The number of aromatic nitrogens is 2. The molecule has 0 radical (unpaired) electrons. The third-order valence-corrected chi connectivity index (χ3v) is 7.77. The second kappa shape index (κ2) is 9.74. The number of hydrogen-bond acceptors (Lipinski definition) is 4. The summed E-state index contributed by atoms with van der Waals surface area (Å²) >= 11 is 0. The average molecular weight is 496 g/mol. The molecule has 190 valence electrons. The molecule has 0 spiro atoms. The molecule has 2 aromatic heterocycles. The molecule has 4 aromatic rings. The van der Waals surface area contributed by atoms with Crippen LogP contribution in [-0.4, -0.2) is 33.6 Å². The number of nitriles is 1. The molecule has 5 nitrogen and oxygen atoms in total. The Balaban J connectivity index is 1.79. The van der Waals surface area contributed by atoms with Crippen LogP contribution in [0, 0.1) is 37.9 Å². The molecule has 0 amide bonds. The van der Waals surface area contributed by atoms with Gasteiger partial charge in [0.05, 0.1) is 23.0 Å². The van der Waals surface area contributed by atoms with E-state index in [1.165, 1.54) is 28.5 Å². The van der Waals surface area contributed by atoms with Gasteiger partial charge in [-0.2, -0.15) is 5.26 Å². The zero-order chi connectivity index (χ0) is 26.4. The highest BCUT2D eigenvalue weighted by Crippen LogP contribution is 2.40. The summed E-state index contributed by atoms with van der Waals surface area (Å²) in [6.07, 6.45) is 2.97. The van der Waals surface area contributed by atoms with Crippen LogP contribution in [0.2, 0.25) is 0 Å². The second-order valence-corrected chi connectivity index (χ2v) is 10.7. The van der Waals surface area contributed by atoms with Crippen LogP contribution in [0.4, 0.5) is 4.39 Å². The van der Waals surface area contributed by atoms with E-state index in [9.17, 15) is 9.65 Å². The standard InChI is InChI=1S/C31H34FN5/c1-18(2)37-26(17-36-9-8-25(34)16-36)13-27-29(37)15-35-31(24-10-19(3)21(5)20(4)11-24)30(27)22-6-7-23(14-33)28(32)12-22/h6-7,10-13,15,18,25H,8-9,16-17,34H2,1-5H3/t25-/m0/s1. The summed E-state index contributed by atoms with van der Waals surface area (Å²) in [6.45, 7) is 13.4. The Morgan fingerprint density at radius 2 is 1.84 bits per heavy atom. The lowest BCUT2D eigenvalue weighted by Crippen LogP contribution is -2.27. The molecule has 2 N–H and O–H groups in total. The van der Waals surface area contributed by atoms with Crippen molar-refractivity contribution in [3.05, 3.63) is 76.4 Å². The SMILES string of the molecule is Cc1cc(-c2ncc3c(cc(CN4CC[C@H](N)C4)n3C(C)C)c2-c2ccc(C#N)c(F)c2)cc(C)c1C. The summed E-state index contributed by atoms with van der Waals surface area (Å²) in [6, 6.07) is 13.8. The van der Waals surface area contributed by atoms with Crippen LogP contribution in [0.1, 0.15) is 54.3 Å². The molecular weight excluding hydrogens is 461 g/mol. The van der Waals surface area contributed by atoms with Gasteiger partial charge < -0.3 is 10.3 Å². The van der Waals surface area contributed by atoms with Gasteiger partial charge in [-0.05, 0) is 93.6 Å². The van der Waals surface area contributed by atoms with Gasteiger partial charge in [0, 0.05) is 53.9 Å². The molecular formula is C31H34FN5. The molecule has 0 bridgehead atoms. The number of pyridine rings is 1. The minimum atomic E-state index is -0.520. The fourth-order valence-electron chi connectivity index (χ4n) is 5.66. The van der Waals surface area contributed by atoms with E-state index in [-0.39, 0.29) is 17.6 Å². The number of halogens is 1. The van der Waals surface area contributed by atoms with Gasteiger partial charge in [-0.3, -0.25) is 9.88 Å². The van der Waals surface area contributed by atoms with Crippen LogP contribution >= 0.6 is 0 Å². The van der Waals surface area contributed by atoms with Gasteiger partial charge in [-0.1, -0.05) is 6.07 Å². The zero-order valence-electron chi connectivity index (χ0n) is 22.3. The largest absolute Gasteiger partial charge is 0.340 e. The van der Waals surface area contributed by atoms with E-state index in [1.807, 2.05) is 18.3 Å². The molecule has 6 heteroatoms. The second-order valence-electron chi connectivity index (χ2n) is 10.7. The fourth-order valence-corrected chi connectivity index (χ4v) is 5.66. The van der Waals surface area contributed by atoms with Gasteiger partial charge in [0.25, 0.3) is 0 Å². The lowest BCUT2D eigenvalue weighted by molar-refractivity contribution is 0.315. The van der Waals surface area contributed by atoms with Crippen molar-refractivity contribution < 1.29 is 4.39 Å². The fraction of sp³-hybridized carbons (Fsp3) is 0.355. The summed E-state index contributed by atoms with van der Waals surface area (Å²) in [7, 11) is 0. The summed E-state index contributed by atoms with van der Waals surface area (Å²) in [5.41, 5.74) is 15.5. The van der Waals surface area contributed by atoms with E-state index < -0.39 is 5.82 Å². The first-order chi connectivity index (χ1) is 17.7. The minimum absolute atomic E-state index is 0.0401. The molecule has 1 fully saturated rings. The van der Waals surface area contributed by atoms with Crippen LogP contribution in [0.15, 0.2) is 42.6 Å². The number of rotatable bonds is 5. The minimum Gasteiger partial charge on any atom is -0.340 e. The molecule has 1 aliphatic heterocycles. The van der Waals surface area contributed by atoms with Crippen LogP contribution in [0.3, 0.4) is 0 Å². The number of fused-ring (bicyclic) bond motifs is 1. The van der Waals surface area contributed by atoms with E-state index in [2.05, 4.69) is 62.3 Å². The highest BCUT2D eigenvalue weighted by atomic mass is 19.1. The Morgan fingerprint density at radius 1 is 1.11 bits per heavy atom. The van der Waals surface area contributed by atoms with Gasteiger partial charge in [0.1, 0.15) is 11.9 Å². The van der Waals surface area contributed by atoms with Crippen molar-refractivity contribution in [3.63, 3.8) is 0 Å². The number of nitrogens with zero attached hydrogens (tertiary/aromatic N) is 4. The van der Waals surface area contributed by atoms with E-state index in [1.54, 1.807) is 6.07 Å². The number of hydrogen-bond donors (Lipinski definition) is 1. The molecule has 1 saturated heterocycles. The van der Waals surface area contributed by atoms with E-state index >= 15 is 0 Å². The van der Waals surface area contributed by atoms with Crippen LogP contribution < -0.4 is 5.73 Å². The number of aryl methyl sites for hydroxylation is 2. The Kier molecular flexibility index (Phi) is 6.61. The zero-order valence-corrected chi connectivity index (χ0v) is 22.3. The maximum atomic E-state index is 14.9. The Hall–Kier alpha value is -3.53. The maximum absolute atomic E-state index is 14.9. The van der Waals surface area contributed by atoms with Crippen molar-refractivity contribution in [1.29, 1.82) is 5.26 Å². The lowest BCUT2D eigenvalue weighted by Gasteiger charge is -2.20. The summed E-state index contributed by atoms with van der Waals surface area (Å²) in [4.78, 5) is 7.40. The smallest absolute Gasteiger partial charge is 0.141 e. The van der Waals surface area contributed by atoms with Gasteiger partial charge in [0.15, 0.2) is 0 Å². The van der Waals surface area contributed by atoms with Gasteiger partial charge >= 0.3 is 0 Å². The summed E-state index contributed by atoms with van der Waals surface area (Å²) in [5, 5.41) is 10.3. The predicted octanol–water partition coefficient (Wildman–Crippen LogP) is 6.42. The Labute approximate surface area is 218 Å². The maximum Gasteiger partial charge on any atom is 0.141 e. The molecule has 37 heavy (non-hydrogen) atoms. The van der Waals surface area contributed by atoms with Crippen LogP contribution in [0.5, 0.6) is 0 Å². The highest BCUT2D eigenvalue weighted by molar-refractivity contribution is 6.02. The first-order valence-electron chi connectivity index (χ1n) is 13.0. The van der Waals surface area contributed by atoms with Gasteiger partial charge in [-0.25, -0.2) is 4.39 Å². The predicted molar refractivity (Wildman–Crippen MR) is 148 cm³/mol. The molecule has 0 saturated carbocycles. The first kappa shape index (κ1) is 25.1. The van der Waals surface area contributed by atoms with Crippen molar-refractivity contribution in [1.82, 2.24) is 14.5 Å². The first-order valence-corrected chi connectivity index (χ1v) is 13.0. The monoisotopic (exact) mass is 495 g/mol. The van der Waals surface area contributed by atoms with Gasteiger partial charge in [-0.15, -0.1) is 0 Å². The van der Waals surface area contributed by atoms with Crippen LogP contribution in [-0.2, 0) is 6.54 Å². The number of benzene rings is 2. The molecule has 2 aromatic carbocycles. The average Bonchev–Trinajstić information content (AvgIpc) is 3.44. The normalized spacial score (nSPS) is 16.1. The topological polar surface area (TPSA) is 70.9 Å². The lowest BCUT2D eigenvalue weighted by atomic mass is 9.92. The quantitative estimate of drug-likeness (QED) is 0.347. The Bertz CT molecular complexity index is 1520. The third-order valence-electron chi connectivity index (χ3n) is 7.77. The Morgan fingerprint density at radius 3 is 2.43 bits per heavy atom. The number of likely N-dealkylation sites (tertiary alicyclic amines) is 1. The van der Waals surface area contributed by atoms with Gasteiger partial charge in [0.2, 0.25) is 0 Å². The molecule has 1 atom stereocenters. The number of nitrogens with two attached hydrogens (primary N) is 1. The third kappa shape index (κ3) is 4.54. The van der Waals surface area contributed by atoms with E-state index in [0.717, 1.165) is 59.3 Å². The molecule has 3 heterocycles. The van der Waals surface area contributed by atoms with E-state index in [4.69, 9.17) is 10.7 Å². The summed E-state index contributed by atoms with van der Waals surface area (Å²) < 4.78 is 17.2. The molecule has 1 aliphatic rings. The van der Waals surface area contributed by atoms with Crippen molar-refractivity contribution >= 4 is 10.9 Å². The van der Waals surface area contributed by atoms with Crippen LogP contribution in [0.25, 0.3) is 33.3 Å². The van der Waals surface area contributed by atoms with Crippen molar-refractivity contribution in [2.45, 2.75) is 59.7 Å². The van der Waals surface area contributed by atoms with Crippen molar-refractivity contribution in [2.24, 2.45) is 5.73 Å². The van der Waals surface area contributed by atoms with E-state index in [0.29, 0.717) is 0 Å². The molecule has 0 unspecified atom stereocenters.